The van der Waals surface area contributed by atoms with Gasteiger partial charge in [0.05, 0.1) is 27.1 Å². The number of allylic oxidation sites excluding steroid dienone is 1. The third-order valence-corrected chi connectivity index (χ3v) is 6.03. The number of carboxylic acids is 1. The molecule has 4 aromatic rings. The van der Waals surface area contributed by atoms with Crippen LogP contribution in [0.25, 0.3) is 22.6 Å². The lowest BCUT2D eigenvalue weighted by Gasteiger charge is -2.08. The molecule has 0 atom stereocenters. The van der Waals surface area contributed by atoms with Crippen LogP contribution in [0, 0.1) is 0 Å². The monoisotopic (exact) mass is 471 g/mol. The zero-order valence-corrected chi connectivity index (χ0v) is 18.5. The summed E-state index contributed by atoms with van der Waals surface area (Å²) in [7, 11) is 0. The molecule has 8 heteroatoms. The van der Waals surface area contributed by atoms with E-state index >= 15 is 0 Å². The Morgan fingerprint density at radius 2 is 1.88 bits per heavy atom. The summed E-state index contributed by atoms with van der Waals surface area (Å²) in [6.07, 6.45) is 2.53. The Balaban J connectivity index is 1.48. The number of carbonyl (C=O) groups is 2. The van der Waals surface area contributed by atoms with Gasteiger partial charge in [-0.1, -0.05) is 35.9 Å². The van der Waals surface area contributed by atoms with Crippen molar-refractivity contribution >= 4 is 51.7 Å². The quantitative estimate of drug-likeness (QED) is 0.438. The van der Waals surface area contributed by atoms with Crippen molar-refractivity contribution in [3.05, 3.63) is 105 Å². The second kappa shape index (κ2) is 8.61. The number of aromatic carboxylic acids is 1. The molecule has 0 saturated carbocycles. The van der Waals surface area contributed by atoms with Gasteiger partial charge in [-0.2, -0.15) is 0 Å². The maximum absolute atomic E-state index is 12.9. The van der Waals surface area contributed by atoms with Gasteiger partial charge in [0.1, 0.15) is 5.82 Å². The highest BCUT2D eigenvalue weighted by molar-refractivity contribution is 6.34. The van der Waals surface area contributed by atoms with Crippen LogP contribution >= 0.6 is 11.6 Å². The zero-order chi connectivity index (χ0) is 23.8. The van der Waals surface area contributed by atoms with Crippen LogP contribution < -0.4 is 10.9 Å². The zero-order valence-electron chi connectivity index (χ0n) is 17.8. The Bertz CT molecular complexity index is 1570. The van der Waals surface area contributed by atoms with E-state index in [1.54, 1.807) is 34.9 Å². The summed E-state index contributed by atoms with van der Waals surface area (Å²) in [5.74, 6) is -0.864. The summed E-state index contributed by atoms with van der Waals surface area (Å²) in [6, 6.07) is 18.5. The van der Waals surface area contributed by atoms with Gasteiger partial charge in [-0.25, -0.2) is 9.78 Å². The third-order valence-electron chi connectivity index (χ3n) is 5.70. The number of fused-ring (bicyclic) bond motifs is 2. The molecule has 0 radical (unpaired) electrons. The minimum Gasteiger partial charge on any atom is -0.478 e. The van der Waals surface area contributed by atoms with E-state index in [0.717, 1.165) is 11.1 Å². The smallest absolute Gasteiger partial charge is 0.335 e. The van der Waals surface area contributed by atoms with Crippen molar-refractivity contribution in [2.75, 3.05) is 5.32 Å². The van der Waals surface area contributed by atoms with E-state index in [1.165, 1.54) is 18.2 Å². The second-order valence-corrected chi connectivity index (χ2v) is 8.32. The van der Waals surface area contributed by atoms with Gasteiger partial charge in [0.2, 0.25) is 0 Å². The Morgan fingerprint density at radius 1 is 1.06 bits per heavy atom. The molecule has 2 heterocycles. The van der Waals surface area contributed by atoms with Gasteiger partial charge in [-0.15, -0.1) is 0 Å². The van der Waals surface area contributed by atoms with E-state index in [1.807, 2.05) is 24.3 Å². The fraction of sp³-hybridized carbons (Fsp3) is 0.0769. The molecule has 34 heavy (non-hydrogen) atoms. The maximum atomic E-state index is 12.9. The van der Waals surface area contributed by atoms with Crippen molar-refractivity contribution in [2.24, 2.45) is 0 Å². The van der Waals surface area contributed by atoms with Crippen LogP contribution in [-0.4, -0.2) is 26.5 Å². The highest BCUT2D eigenvalue weighted by atomic mass is 35.5. The Labute approximate surface area is 199 Å². The summed E-state index contributed by atoms with van der Waals surface area (Å²) < 4.78 is 1.61. The number of rotatable bonds is 4. The lowest BCUT2D eigenvalue weighted by molar-refractivity contribution is 0.0696. The predicted octanol–water partition coefficient (Wildman–Crippen LogP) is 4.94. The average Bonchev–Trinajstić information content (AvgIpc) is 3.22. The molecular weight excluding hydrogens is 454 g/mol. The molecule has 0 saturated heterocycles. The molecule has 0 aliphatic carbocycles. The number of hydrogen-bond donors (Lipinski definition) is 2. The number of aromatic nitrogens is 2. The van der Waals surface area contributed by atoms with Gasteiger partial charge >= 0.3 is 5.97 Å². The van der Waals surface area contributed by atoms with E-state index in [4.69, 9.17) is 11.6 Å². The fourth-order valence-corrected chi connectivity index (χ4v) is 4.26. The Morgan fingerprint density at radius 3 is 2.68 bits per heavy atom. The average molecular weight is 472 g/mol. The molecule has 0 fully saturated rings. The van der Waals surface area contributed by atoms with Crippen molar-refractivity contribution in [1.29, 1.82) is 0 Å². The lowest BCUT2D eigenvalue weighted by Crippen LogP contribution is -2.21. The van der Waals surface area contributed by atoms with E-state index < -0.39 is 5.97 Å². The van der Waals surface area contributed by atoms with E-state index in [9.17, 15) is 19.5 Å². The first-order chi connectivity index (χ1) is 16.4. The van der Waals surface area contributed by atoms with Gasteiger partial charge in [0.15, 0.2) is 0 Å². The van der Waals surface area contributed by atoms with E-state index in [2.05, 4.69) is 10.3 Å². The SMILES string of the molecule is O=C(O)c1ccc2c(=O)n3c(nc2c1)/C(=C/c1cccc(NC(=O)c2ccccc2Cl)c1)CC3. The molecule has 168 valence electrons. The fourth-order valence-electron chi connectivity index (χ4n) is 4.04. The van der Waals surface area contributed by atoms with Crippen molar-refractivity contribution in [3.8, 4) is 0 Å². The number of carbonyl (C=O) groups excluding carboxylic acids is 1. The molecule has 1 aliphatic heterocycles. The number of carboxylic acid groups (broad SMARTS) is 1. The number of halogens is 1. The lowest BCUT2D eigenvalue weighted by atomic mass is 10.1. The number of hydrogen-bond acceptors (Lipinski definition) is 4. The standard InChI is InChI=1S/C26H18ClN3O4/c27-21-7-2-1-6-19(21)24(31)28-18-5-3-4-15(13-18)12-16-10-11-30-23(16)29-22-14-17(26(33)34)8-9-20(22)25(30)32/h1-9,12-14H,10-11H2,(H,28,31)(H,33,34)/b16-12+. The van der Waals surface area contributed by atoms with Gasteiger partial charge < -0.3 is 10.4 Å². The topological polar surface area (TPSA) is 101 Å². The second-order valence-electron chi connectivity index (χ2n) is 7.91. The largest absolute Gasteiger partial charge is 0.478 e. The van der Waals surface area contributed by atoms with Crippen molar-refractivity contribution < 1.29 is 14.7 Å². The summed E-state index contributed by atoms with van der Waals surface area (Å²) >= 11 is 6.12. The number of nitrogens with zero attached hydrogens (tertiary/aromatic N) is 2. The van der Waals surface area contributed by atoms with Crippen molar-refractivity contribution in [3.63, 3.8) is 0 Å². The third kappa shape index (κ3) is 3.97. The minimum absolute atomic E-state index is 0.0786. The number of nitrogens with one attached hydrogen (secondary N) is 1. The Kier molecular flexibility index (Phi) is 5.47. The van der Waals surface area contributed by atoms with Gasteiger partial charge in [-0.3, -0.25) is 14.2 Å². The molecular formula is C26H18ClN3O4. The molecule has 7 nitrogen and oxygen atoms in total. The summed E-state index contributed by atoms with van der Waals surface area (Å²) in [4.78, 5) is 41.4. The van der Waals surface area contributed by atoms with Crippen LogP contribution in [0.4, 0.5) is 5.69 Å². The van der Waals surface area contributed by atoms with Gasteiger partial charge in [-0.05, 0) is 66.1 Å². The van der Waals surface area contributed by atoms with E-state index in [0.29, 0.717) is 46.0 Å². The summed E-state index contributed by atoms with van der Waals surface area (Å²) in [6.45, 7) is 0.493. The van der Waals surface area contributed by atoms with Crippen LogP contribution in [0.3, 0.4) is 0 Å². The maximum Gasteiger partial charge on any atom is 0.335 e. The molecule has 5 rings (SSSR count). The van der Waals surface area contributed by atoms with Crippen LogP contribution in [0.1, 0.15) is 38.5 Å². The van der Waals surface area contributed by atoms with Crippen LogP contribution in [0.15, 0.2) is 71.5 Å². The molecule has 0 spiro atoms. The minimum atomic E-state index is -1.07. The highest BCUT2D eigenvalue weighted by Gasteiger charge is 2.21. The molecule has 0 bridgehead atoms. The molecule has 0 unspecified atom stereocenters. The van der Waals surface area contributed by atoms with Crippen LogP contribution in [-0.2, 0) is 6.54 Å². The first-order valence-corrected chi connectivity index (χ1v) is 10.9. The van der Waals surface area contributed by atoms with Gasteiger partial charge in [0.25, 0.3) is 11.5 Å². The predicted molar refractivity (Wildman–Crippen MR) is 131 cm³/mol. The molecule has 2 N–H and O–H groups in total. The first-order valence-electron chi connectivity index (χ1n) is 10.6. The van der Waals surface area contributed by atoms with Crippen LogP contribution in [0.5, 0.6) is 0 Å². The molecule has 1 aliphatic rings. The highest BCUT2D eigenvalue weighted by Crippen LogP contribution is 2.28. The van der Waals surface area contributed by atoms with E-state index in [-0.39, 0.29) is 17.0 Å². The Hall–Kier alpha value is -4.23. The van der Waals surface area contributed by atoms with Crippen molar-refractivity contribution in [1.82, 2.24) is 9.55 Å². The van der Waals surface area contributed by atoms with Crippen molar-refractivity contribution in [2.45, 2.75) is 13.0 Å². The van der Waals surface area contributed by atoms with Crippen LogP contribution in [0.2, 0.25) is 5.02 Å². The summed E-state index contributed by atoms with van der Waals surface area (Å²) in [5, 5.41) is 12.9. The first kappa shape index (κ1) is 21.6. The number of benzene rings is 3. The molecule has 1 amide bonds. The summed E-state index contributed by atoms with van der Waals surface area (Å²) in [5.41, 5.74) is 2.91. The number of amides is 1. The number of anilines is 1. The normalized spacial score (nSPS) is 13.7. The van der Waals surface area contributed by atoms with Gasteiger partial charge in [0, 0.05) is 12.2 Å². The molecule has 3 aromatic carbocycles. The molecule has 1 aromatic heterocycles.